The summed E-state index contributed by atoms with van der Waals surface area (Å²) >= 11 is 0. The first-order valence-electron chi connectivity index (χ1n) is 10.1. The van der Waals surface area contributed by atoms with Crippen molar-refractivity contribution in [2.45, 2.75) is 32.4 Å². The van der Waals surface area contributed by atoms with E-state index in [0.29, 0.717) is 26.1 Å². The monoisotopic (exact) mass is 396 g/mol. The highest BCUT2D eigenvalue weighted by molar-refractivity contribution is 5.80. The molecule has 1 aliphatic heterocycles. The van der Waals surface area contributed by atoms with Gasteiger partial charge in [0.15, 0.2) is 5.96 Å². The molecular weight excluding hydrogens is 367 g/mol. The van der Waals surface area contributed by atoms with Gasteiger partial charge in [-0.25, -0.2) is 4.39 Å². The van der Waals surface area contributed by atoms with E-state index in [2.05, 4.69) is 28.5 Å². The number of fused-ring (bicyclic) bond motifs is 1. The van der Waals surface area contributed by atoms with Crippen LogP contribution >= 0.6 is 0 Å². The lowest BCUT2D eigenvalue weighted by Gasteiger charge is -2.29. The van der Waals surface area contributed by atoms with Crippen molar-refractivity contribution in [2.75, 3.05) is 27.2 Å². The summed E-state index contributed by atoms with van der Waals surface area (Å²) in [6.45, 7) is 2.82. The normalized spacial score (nSPS) is 13.8. The van der Waals surface area contributed by atoms with Gasteiger partial charge in [-0.3, -0.25) is 9.79 Å². The average Bonchev–Trinajstić information content (AvgIpc) is 2.74. The van der Waals surface area contributed by atoms with Gasteiger partial charge < -0.3 is 15.1 Å². The molecule has 0 bridgehead atoms. The molecule has 3 rings (SSSR count). The Balaban J connectivity index is 1.40. The fourth-order valence-corrected chi connectivity index (χ4v) is 3.63. The van der Waals surface area contributed by atoms with Crippen molar-refractivity contribution < 1.29 is 9.18 Å². The lowest BCUT2D eigenvalue weighted by molar-refractivity contribution is -0.132. The number of hydrogen-bond acceptors (Lipinski definition) is 2. The zero-order valence-electron chi connectivity index (χ0n) is 17.2. The highest BCUT2D eigenvalue weighted by atomic mass is 19.1. The third-order valence-corrected chi connectivity index (χ3v) is 5.24. The van der Waals surface area contributed by atoms with Gasteiger partial charge in [0.1, 0.15) is 5.82 Å². The molecule has 154 valence electrons. The molecule has 1 aliphatic rings. The molecular formula is C23H29FN4O. The first-order chi connectivity index (χ1) is 14.1. The minimum atomic E-state index is -0.235. The summed E-state index contributed by atoms with van der Waals surface area (Å²) in [4.78, 5) is 20.8. The minimum absolute atomic E-state index is 0.205. The summed E-state index contributed by atoms with van der Waals surface area (Å²) < 4.78 is 13.0. The van der Waals surface area contributed by atoms with Crippen LogP contribution in [0.2, 0.25) is 0 Å². The number of guanidine groups is 1. The van der Waals surface area contributed by atoms with Crippen LogP contribution in [-0.2, 0) is 24.3 Å². The van der Waals surface area contributed by atoms with Crippen molar-refractivity contribution in [3.63, 3.8) is 0 Å². The number of benzene rings is 2. The topological polar surface area (TPSA) is 47.9 Å². The van der Waals surface area contributed by atoms with Crippen LogP contribution < -0.4 is 5.32 Å². The number of amides is 1. The highest BCUT2D eigenvalue weighted by Crippen LogP contribution is 2.19. The highest BCUT2D eigenvalue weighted by Gasteiger charge is 2.19. The Morgan fingerprint density at radius 1 is 1.17 bits per heavy atom. The molecule has 1 amide bonds. The standard InChI is InChI=1S/C23H29FN4O/c1-25-23(27(2)16-18-9-11-21(24)12-10-18)26-14-5-8-22(29)28-15-13-19-6-3-4-7-20(19)17-28/h3-4,6-7,9-12H,5,8,13-17H2,1-2H3,(H,25,26). The predicted molar refractivity (Wildman–Crippen MR) is 114 cm³/mol. The zero-order valence-corrected chi connectivity index (χ0v) is 17.2. The molecule has 0 aromatic heterocycles. The van der Waals surface area contributed by atoms with Gasteiger partial charge in [-0.1, -0.05) is 36.4 Å². The fourth-order valence-electron chi connectivity index (χ4n) is 3.63. The number of carbonyl (C=O) groups is 1. The maximum absolute atomic E-state index is 13.0. The maximum Gasteiger partial charge on any atom is 0.222 e. The first-order valence-corrected chi connectivity index (χ1v) is 10.1. The van der Waals surface area contributed by atoms with Gasteiger partial charge >= 0.3 is 0 Å². The van der Waals surface area contributed by atoms with E-state index in [-0.39, 0.29) is 11.7 Å². The van der Waals surface area contributed by atoms with Crippen LogP contribution in [0.15, 0.2) is 53.5 Å². The Hall–Kier alpha value is -2.89. The summed E-state index contributed by atoms with van der Waals surface area (Å²) in [5.41, 5.74) is 3.62. The van der Waals surface area contributed by atoms with Crippen LogP contribution in [-0.4, -0.2) is 48.9 Å². The summed E-state index contributed by atoms with van der Waals surface area (Å²) in [5.74, 6) is 0.727. The number of aliphatic imine (C=N–C) groups is 1. The number of hydrogen-bond donors (Lipinski definition) is 1. The Morgan fingerprint density at radius 2 is 1.90 bits per heavy atom. The number of nitrogens with zero attached hydrogens (tertiary/aromatic N) is 3. The molecule has 0 radical (unpaired) electrons. The molecule has 0 unspecified atom stereocenters. The first kappa shape index (κ1) is 20.8. The Bertz CT molecular complexity index is 850. The van der Waals surface area contributed by atoms with Gasteiger partial charge in [0.2, 0.25) is 5.91 Å². The average molecular weight is 397 g/mol. The van der Waals surface area contributed by atoms with E-state index in [9.17, 15) is 9.18 Å². The van der Waals surface area contributed by atoms with E-state index >= 15 is 0 Å². The van der Waals surface area contributed by atoms with E-state index in [0.717, 1.165) is 30.9 Å². The van der Waals surface area contributed by atoms with Crippen molar-refractivity contribution in [1.82, 2.24) is 15.1 Å². The summed E-state index contributed by atoms with van der Waals surface area (Å²) in [5, 5.41) is 3.31. The third kappa shape index (κ3) is 5.79. The van der Waals surface area contributed by atoms with Crippen molar-refractivity contribution >= 4 is 11.9 Å². The number of carbonyl (C=O) groups excluding carboxylic acids is 1. The van der Waals surface area contributed by atoms with Crippen molar-refractivity contribution in [3.05, 3.63) is 71.0 Å². The summed E-state index contributed by atoms with van der Waals surface area (Å²) in [6.07, 6.45) is 2.20. The second-order valence-electron chi connectivity index (χ2n) is 7.39. The van der Waals surface area contributed by atoms with Crippen molar-refractivity contribution in [1.29, 1.82) is 0 Å². The molecule has 2 aromatic carbocycles. The van der Waals surface area contributed by atoms with Gasteiger partial charge in [0, 0.05) is 46.7 Å². The molecule has 6 heteroatoms. The molecule has 0 saturated carbocycles. The van der Waals surface area contributed by atoms with Crippen LogP contribution in [0.25, 0.3) is 0 Å². The van der Waals surface area contributed by atoms with E-state index in [1.165, 1.54) is 23.3 Å². The van der Waals surface area contributed by atoms with E-state index in [4.69, 9.17) is 0 Å². The molecule has 29 heavy (non-hydrogen) atoms. The van der Waals surface area contributed by atoms with E-state index in [1.54, 1.807) is 19.2 Å². The molecule has 0 fully saturated rings. The molecule has 0 aliphatic carbocycles. The zero-order chi connectivity index (χ0) is 20.6. The van der Waals surface area contributed by atoms with Crippen molar-refractivity contribution in [2.24, 2.45) is 4.99 Å². The van der Waals surface area contributed by atoms with Gasteiger partial charge in [-0.2, -0.15) is 0 Å². The quantitative estimate of drug-likeness (QED) is 0.463. The minimum Gasteiger partial charge on any atom is -0.356 e. The van der Waals surface area contributed by atoms with E-state index in [1.807, 2.05) is 22.9 Å². The van der Waals surface area contributed by atoms with Crippen LogP contribution in [0.1, 0.15) is 29.5 Å². The van der Waals surface area contributed by atoms with Gasteiger partial charge in [0.05, 0.1) is 0 Å². The lowest BCUT2D eigenvalue weighted by atomic mass is 9.99. The molecule has 2 aromatic rings. The van der Waals surface area contributed by atoms with Gasteiger partial charge in [0.25, 0.3) is 0 Å². The summed E-state index contributed by atoms with van der Waals surface area (Å²) in [7, 11) is 3.68. The molecule has 1 heterocycles. The van der Waals surface area contributed by atoms with Crippen LogP contribution in [0, 0.1) is 5.82 Å². The van der Waals surface area contributed by atoms with Gasteiger partial charge in [-0.15, -0.1) is 0 Å². The van der Waals surface area contributed by atoms with Crippen molar-refractivity contribution in [3.8, 4) is 0 Å². The predicted octanol–water partition coefficient (Wildman–Crippen LogP) is 3.20. The van der Waals surface area contributed by atoms with E-state index < -0.39 is 0 Å². The Morgan fingerprint density at radius 3 is 2.62 bits per heavy atom. The molecule has 0 atom stereocenters. The van der Waals surface area contributed by atoms with Crippen LogP contribution in [0.3, 0.4) is 0 Å². The second kappa shape index (κ2) is 10.0. The van der Waals surface area contributed by atoms with Crippen LogP contribution in [0.4, 0.5) is 4.39 Å². The third-order valence-electron chi connectivity index (χ3n) is 5.24. The second-order valence-corrected chi connectivity index (χ2v) is 7.39. The Labute approximate surface area is 172 Å². The molecule has 5 nitrogen and oxygen atoms in total. The molecule has 1 N–H and O–H groups in total. The molecule has 0 spiro atoms. The fraction of sp³-hybridized carbons (Fsp3) is 0.391. The number of nitrogens with one attached hydrogen (secondary N) is 1. The SMILES string of the molecule is CN=C(NCCCC(=O)N1CCc2ccccc2C1)N(C)Cc1ccc(F)cc1. The largest absolute Gasteiger partial charge is 0.356 e. The lowest BCUT2D eigenvalue weighted by Crippen LogP contribution is -2.39. The van der Waals surface area contributed by atoms with Crippen LogP contribution in [0.5, 0.6) is 0 Å². The Kier molecular flexibility index (Phi) is 7.22. The summed E-state index contributed by atoms with van der Waals surface area (Å²) in [6, 6.07) is 14.8. The number of rotatable bonds is 6. The molecule has 0 saturated heterocycles. The maximum atomic E-state index is 13.0. The smallest absolute Gasteiger partial charge is 0.222 e. The number of halogens is 1. The van der Waals surface area contributed by atoms with Gasteiger partial charge in [-0.05, 0) is 41.7 Å².